The van der Waals surface area contributed by atoms with Crippen LogP contribution in [0.5, 0.6) is 11.5 Å². The molecule has 0 saturated heterocycles. The molecule has 1 atom stereocenters. The van der Waals surface area contributed by atoms with Gasteiger partial charge in [0.1, 0.15) is 17.0 Å². The predicted octanol–water partition coefficient (Wildman–Crippen LogP) is 3.79. The molecule has 5 heteroatoms. The van der Waals surface area contributed by atoms with Crippen molar-refractivity contribution in [2.24, 2.45) is 5.73 Å². The van der Waals surface area contributed by atoms with Gasteiger partial charge in [0, 0.05) is 5.69 Å². The van der Waals surface area contributed by atoms with Gasteiger partial charge in [-0.3, -0.25) is 4.79 Å². The first-order valence-corrected chi connectivity index (χ1v) is 8.62. The predicted molar refractivity (Wildman–Crippen MR) is 107 cm³/mol. The number of anilines is 1. The number of hydrogen-bond acceptors (Lipinski definition) is 4. The smallest absolute Gasteiger partial charge is 0.246 e. The van der Waals surface area contributed by atoms with Gasteiger partial charge in [-0.25, -0.2) is 0 Å². The monoisotopic (exact) mass is 362 g/mol. The lowest BCUT2D eigenvalue weighted by molar-refractivity contribution is -0.121. The van der Waals surface area contributed by atoms with Gasteiger partial charge >= 0.3 is 0 Å². The van der Waals surface area contributed by atoms with Crippen LogP contribution in [0.2, 0.25) is 0 Å². The summed E-state index contributed by atoms with van der Waals surface area (Å²) >= 11 is 0. The molecule has 5 nitrogen and oxygen atoms in total. The molecule has 3 aromatic carbocycles. The van der Waals surface area contributed by atoms with Gasteiger partial charge in [0.25, 0.3) is 0 Å². The second kappa shape index (κ2) is 8.03. The Balaban J connectivity index is 1.64. The van der Waals surface area contributed by atoms with E-state index in [9.17, 15) is 4.79 Å². The van der Waals surface area contributed by atoms with Crippen molar-refractivity contribution in [2.75, 3.05) is 11.9 Å². The first-order valence-electron chi connectivity index (χ1n) is 8.62. The van der Waals surface area contributed by atoms with Crippen molar-refractivity contribution in [3.63, 3.8) is 0 Å². The standard InChI is InChI=1S/C22H22N2O3/c1-22(23,15-25)21(26)24-18-9-13-20(14-10-18)27-19-11-7-17(8-12-19)16-5-3-2-4-6-16/h2-14,25H,15,23H2,1H3,(H,24,26)/t22-/m0/s1. The minimum Gasteiger partial charge on any atom is -0.457 e. The highest BCUT2D eigenvalue weighted by atomic mass is 16.5. The number of ether oxygens (including phenoxy) is 1. The Morgan fingerprint density at radius 1 is 0.926 bits per heavy atom. The first-order chi connectivity index (χ1) is 13.0. The van der Waals surface area contributed by atoms with Crippen LogP contribution in [0, 0.1) is 0 Å². The Hall–Kier alpha value is -3.15. The van der Waals surface area contributed by atoms with Crippen LogP contribution in [0.4, 0.5) is 5.69 Å². The summed E-state index contributed by atoms with van der Waals surface area (Å²) in [7, 11) is 0. The van der Waals surface area contributed by atoms with Gasteiger partial charge in [-0.2, -0.15) is 0 Å². The van der Waals surface area contributed by atoms with Gasteiger partial charge in [-0.15, -0.1) is 0 Å². The number of aliphatic hydroxyl groups is 1. The van der Waals surface area contributed by atoms with Crippen molar-refractivity contribution < 1.29 is 14.6 Å². The molecule has 1 amide bonds. The van der Waals surface area contributed by atoms with Gasteiger partial charge in [0.05, 0.1) is 6.61 Å². The van der Waals surface area contributed by atoms with Crippen molar-refractivity contribution in [1.29, 1.82) is 0 Å². The zero-order chi connectivity index (χ0) is 19.3. The van der Waals surface area contributed by atoms with E-state index in [-0.39, 0.29) is 0 Å². The Labute approximate surface area is 158 Å². The molecular formula is C22H22N2O3. The van der Waals surface area contributed by atoms with E-state index in [4.69, 9.17) is 15.6 Å². The Kier molecular flexibility index (Phi) is 5.54. The van der Waals surface area contributed by atoms with Gasteiger partial charge in [-0.1, -0.05) is 42.5 Å². The molecule has 0 radical (unpaired) electrons. The average molecular weight is 362 g/mol. The quantitative estimate of drug-likeness (QED) is 0.623. The van der Waals surface area contributed by atoms with Crippen LogP contribution in [-0.4, -0.2) is 23.2 Å². The molecule has 3 aromatic rings. The fourth-order valence-electron chi connectivity index (χ4n) is 2.43. The van der Waals surface area contributed by atoms with Crippen molar-refractivity contribution in [3.05, 3.63) is 78.9 Å². The highest BCUT2D eigenvalue weighted by molar-refractivity contribution is 5.97. The number of nitrogens with one attached hydrogen (secondary N) is 1. The summed E-state index contributed by atoms with van der Waals surface area (Å²) in [5.74, 6) is 0.926. The number of carbonyl (C=O) groups is 1. The van der Waals surface area contributed by atoms with E-state index in [2.05, 4.69) is 17.4 Å². The largest absolute Gasteiger partial charge is 0.457 e. The molecule has 0 aliphatic carbocycles. The molecule has 27 heavy (non-hydrogen) atoms. The maximum absolute atomic E-state index is 12.0. The second-order valence-corrected chi connectivity index (χ2v) is 6.55. The summed E-state index contributed by atoms with van der Waals surface area (Å²) in [4.78, 5) is 12.0. The van der Waals surface area contributed by atoms with Gasteiger partial charge < -0.3 is 20.9 Å². The van der Waals surface area contributed by atoms with E-state index in [1.807, 2.05) is 42.5 Å². The highest BCUT2D eigenvalue weighted by Gasteiger charge is 2.27. The Morgan fingerprint density at radius 3 is 2.00 bits per heavy atom. The van der Waals surface area contributed by atoms with Crippen LogP contribution < -0.4 is 15.8 Å². The normalized spacial score (nSPS) is 12.9. The van der Waals surface area contributed by atoms with Crippen molar-refractivity contribution in [1.82, 2.24) is 0 Å². The highest BCUT2D eigenvalue weighted by Crippen LogP contribution is 2.26. The topological polar surface area (TPSA) is 84.6 Å². The van der Waals surface area contributed by atoms with Crippen LogP contribution in [-0.2, 0) is 4.79 Å². The lowest BCUT2D eigenvalue weighted by atomic mass is 10.0. The molecule has 0 unspecified atom stereocenters. The molecule has 0 aliphatic heterocycles. The summed E-state index contributed by atoms with van der Waals surface area (Å²) in [5.41, 5.74) is 7.24. The Bertz CT molecular complexity index is 889. The summed E-state index contributed by atoms with van der Waals surface area (Å²) in [6.07, 6.45) is 0. The Morgan fingerprint density at radius 2 is 1.44 bits per heavy atom. The molecule has 0 aromatic heterocycles. The van der Waals surface area contributed by atoms with Crippen LogP contribution >= 0.6 is 0 Å². The van der Waals surface area contributed by atoms with E-state index in [1.165, 1.54) is 6.92 Å². The zero-order valence-electron chi connectivity index (χ0n) is 15.1. The average Bonchev–Trinajstić information content (AvgIpc) is 2.70. The first kappa shape index (κ1) is 18.6. The van der Waals surface area contributed by atoms with Gasteiger partial charge in [0.15, 0.2) is 0 Å². The summed E-state index contributed by atoms with van der Waals surface area (Å²) in [5, 5.41) is 11.8. The number of nitrogens with two attached hydrogens (primary N) is 1. The lowest BCUT2D eigenvalue weighted by Gasteiger charge is -2.20. The van der Waals surface area contributed by atoms with E-state index < -0.39 is 18.1 Å². The third-order valence-electron chi connectivity index (χ3n) is 4.16. The third kappa shape index (κ3) is 4.73. The van der Waals surface area contributed by atoms with Crippen LogP contribution in [0.1, 0.15) is 6.92 Å². The minimum absolute atomic E-state index is 0.432. The number of benzene rings is 3. The fraction of sp³-hybridized carbons (Fsp3) is 0.136. The maximum Gasteiger partial charge on any atom is 0.246 e. The SMILES string of the molecule is C[C@](N)(CO)C(=O)Nc1ccc(Oc2ccc(-c3ccccc3)cc2)cc1. The van der Waals surface area contributed by atoms with Gasteiger partial charge in [0.2, 0.25) is 5.91 Å². The summed E-state index contributed by atoms with van der Waals surface area (Å²) in [6, 6.07) is 24.9. The third-order valence-corrected chi connectivity index (χ3v) is 4.16. The van der Waals surface area contributed by atoms with E-state index in [0.29, 0.717) is 11.4 Å². The molecule has 3 rings (SSSR count). The fourth-order valence-corrected chi connectivity index (χ4v) is 2.43. The molecule has 0 heterocycles. The summed E-state index contributed by atoms with van der Waals surface area (Å²) in [6.45, 7) is 1.04. The van der Waals surface area contributed by atoms with E-state index >= 15 is 0 Å². The second-order valence-electron chi connectivity index (χ2n) is 6.55. The van der Waals surface area contributed by atoms with Gasteiger partial charge in [-0.05, 0) is 54.4 Å². The summed E-state index contributed by atoms with van der Waals surface area (Å²) < 4.78 is 5.84. The number of aliphatic hydroxyl groups excluding tert-OH is 1. The molecule has 0 saturated carbocycles. The minimum atomic E-state index is -1.32. The molecule has 0 bridgehead atoms. The molecule has 0 aliphatic rings. The molecule has 0 fully saturated rings. The maximum atomic E-state index is 12.0. The van der Waals surface area contributed by atoms with Crippen LogP contribution in [0.25, 0.3) is 11.1 Å². The zero-order valence-corrected chi connectivity index (χ0v) is 15.1. The van der Waals surface area contributed by atoms with Crippen molar-refractivity contribution in [3.8, 4) is 22.6 Å². The number of carbonyl (C=O) groups excluding carboxylic acids is 1. The van der Waals surface area contributed by atoms with Crippen molar-refractivity contribution in [2.45, 2.75) is 12.5 Å². The molecular weight excluding hydrogens is 340 g/mol. The van der Waals surface area contributed by atoms with E-state index in [0.717, 1.165) is 16.9 Å². The number of rotatable bonds is 6. The lowest BCUT2D eigenvalue weighted by Crippen LogP contribution is -2.51. The molecule has 0 spiro atoms. The number of hydrogen-bond donors (Lipinski definition) is 3. The van der Waals surface area contributed by atoms with Crippen molar-refractivity contribution >= 4 is 11.6 Å². The van der Waals surface area contributed by atoms with Crippen LogP contribution in [0.3, 0.4) is 0 Å². The van der Waals surface area contributed by atoms with Crippen LogP contribution in [0.15, 0.2) is 78.9 Å². The number of amides is 1. The van der Waals surface area contributed by atoms with E-state index in [1.54, 1.807) is 24.3 Å². The molecule has 4 N–H and O–H groups in total. The molecule has 138 valence electrons.